The Kier molecular flexibility index (Phi) is 5.19. The summed E-state index contributed by atoms with van der Waals surface area (Å²) in [5, 5.41) is 15.6. The van der Waals surface area contributed by atoms with Gasteiger partial charge in [-0.15, -0.1) is 10.2 Å². The Morgan fingerprint density at radius 1 is 1.15 bits per heavy atom. The smallest absolute Gasteiger partial charge is 0.338 e. The van der Waals surface area contributed by atoms with Gasteiger partial charge >= 0.3 is 5.97 Å². The van der Waals surface area contributed by atoms with E-state index in [1.54, 1.807) is 24.3 Å². The number of tetrazole rings is 1. The van der Waals surface area contributed by atoms with Crippen LogP contribution in [-0.4, -0.2) is 38.3 Å². The van der Waals surface area contributed by atoms with E-state index in [0.29, 0.717) is 22.6 Å². The minimum Gasteiger partial charge on any atom is -0.457 e. The minimum atomic E-state index is -0.468. The molecule has 33 heavy (non-hydrogen) atoms. The number of rotatable bonds is 6. The number of carbonyl (C=O) groups excluding carboxylic acids is 2. The molecule has 0 radical (unpaired) electrons. The molecule has 0 bridgehead atoms. The van der Waals surface area contributed by atoms with E-state index in [1.807, 2.05) is 6.07 Å². The molecule has 3 heterocycles. The van der Waals surface area contributed by atoms with Crippen molar-refractivity contribution < 1.29 is 23.1 Å². The molecule has 10 nitrogen and oxygen atoms in total. The predicted molar refractivity (Wildman–Crippen MR) is 112 cm³/mol. The van der Waals surface area contributed by atoms with Crippen molar-refractivity contribution in [2.24, 2.45) is 5.10 Å². The number of nitrogens with one attached hydrogen (secondary N) is 1. The first kappa shape index (κ1) is 20.2. The lowest BCUT2D eigenvalue weighted by molar-refractivity contribution is -0.122. The molecule has 164 valence electrons. The monoisotopic (exact) mass is 446 g/mol. The molecule has 0 aliphatic carbocycles. The van der Waals surface area contributed by atoms with Gasteiger partial charge in [0.05, 0.1) is 11.8 Å². The summed E-state index contributed by atoms with van der Waals surface area (Å²) in [7, 11) is 0. The Balaban J connectivity index is 1.18. The number of fused-ring (bicyclic) bond motifs is 1. The third-order valence-electron chi connectivity index (χ3n) is 4.82. The fourth-order valence-corrected chi connectivity index (χ4v) is 3.22. The normalized spacial score (nSPS) is 12.7. The van der Waals surface area contributed by atoms with Gasteiger partial charge < -0.3 is 9.15 Å². The molecule has 1 aliphatic heterocycles. The number of benzene rings is 2. The van der Waals surface area contributed by atoms with Gasteiger partial charge in [-0.1, -0.05) is 6.07 Å². The molecular weight excluding hydrogens is 431 g/mol. The predicted octanol–water partition coefficient (Wildman–Crippen LogP) is 2.56. The SMILES string of the molecule is O=C(Cn1nnc(-c2ccc(F)cc2)n1)N/N=C\c1ccc(-c2ccc3c(c2)COC3=O)o1. The molecule has 4 aromatic rings. The average molecular weight is 446 g/mol. The minimum absolute atomic E-state index is 0.204. The molecule has 2 aromatic carbocycles. The number of amides is 1. The second kappa shape index (κ2) is 8.46. The number of carbonyl (C=O) groups is 2. The van der Waals surface area contributed by atoms with Gasteiger partial charge in [0.15, 0.2) is 0 Å². The number of cyclic esters (lactones) is 1. The fourth-order valence-electron chi connectivity index (χ4n) is 3.22. The maximum absolute atomic E-state index is 13.0. The molecule has 0 fully saturated rings. The van der Waals surface area contributed by atoms with Crippen molar-refractivity contribution in [2.75, 3.05) is 0 Å². The van der Waals surface area contributed by atoms with E-state index in [4.69, 9.17) is 9.15 Å². The van der Waals surface area contributed by atoms with Crippen LogP contribution in [0, 0.1) is 5.82 Å². The van der Waals surface area contributed by atoms with Crippen LogP contribution >= 0.6 is 0 Å². The van der Waals surface area contributed by atoms with Crippen LogP contribution < -0.4 is 5.43 Å². The number of hydrogen-bond acceptors (Lipinski definition) is 8. The summed E-state index contributed by atoms with van der Waals surface area (Å²) in [5.41, 5.74) is 5.10. The number of esters is 1. The molecule has 5 rings (SSSR count). The number of furan rings is 1. The highest BCUT2D eigenvalue weighted by molar-refractivity contribution is 5.94. The van der Waals surface area contributed by atoms with E-state index in [9.17, 15) is 14.0 Å². The summed E-state index contributed by atoms with van der Waals surface area (Å²) in [6.07, 6.45) is 1.36. The van der Waals surface area contributed by atoms with Gasteiger partial charge in [-0.05, 0) is 53.7 Å². The van der Waals surface area contributed by atoms with E-state index in [-0.39, 0.29) is 30.8 Å². The van der Waals surface area contributed by atoms with Crippen LogP contribution in [0.4, 0.5) is 4.39 Å². The first-order chi connectivity index (χ1) is 16.0. The number of nitrogens with zero attached hydrogens (tertiary/aromatic N) is 5. The molecule has 1 amide bonds. The number of ether oxygens (including phenoxy) is 1. The number of hydrogen-bond donors (Lipinski definition) is 1. The Labute approximate surface area is 185 Å². The van der Waals surface area contributed by atoms with Gasteiger partial charge in [0.25, 0.3) is 5.91 Å². The van der Waals surface area contributed by atoms with Crippen molar-refractivity contribution in [2.45, 2.75) is 13.2 Å². The highest BCUT2D eigenvalue weighted by atomic mass is 19.1. The molecule has 1 N–H and O–H groups in total. The van der Waals surface area contributed by atoms with Crippen LogP contribution in [0.15, 0.2) is 64.1 Å². The van der Waals surface area contributed by atoms with Crippen LogP contribution in [0.3, 0.4) is 0 Å². The van der Waals surface area contributed by atoms with Crippen molar-refractivity contribution in [3.63, 3.8) is 0 Å². The van der Waals surface area contributed by atoms with Crippen molar-refractivity contribution in [3.05, 3.63) is 77.3 Å². The Morgan fingerprint density at radius 2 is 1.97 bits per heavy atom. The largest absolute Gasteiger partial charge is 0.457 e. The summed E-state index contributed by atoms with van der Waals surface area (Å²) < 4.78 is 23.7. The lowest BCUT2D eigenvalue weighted by Gasteiger charge is -1.99. The number of halogens is 1. The molecule has 2 aromatic heterocycles. The summed E-state index contributed by atoms with van der Waals surface area (Å²) >= 11 is 0. The summed E-state index contributed by atoms with van der Waals surface area (Å²) in [6, 6.07) is 14.4. The maximum atomic E-state index is 13.0. The molecular formula is C22H15FN6O4. The number of hydrazone groups is 1. The maximum Gasteiger partial charge on any atom is 0.338 e. The quantitative estimate of drug-likeness (QED) is 0.274. The second-order valence-electron chi connectivity index (χ2n) is 7.09. The van der Waals surface area contributed by atoms with Crippen molar-refractivity contribution >= 4 is 18.1 Å². The zero-order valence-electron chi connectivity index (χ0n) is 16.9. The van der Waals surface area contributed by atoms with Crippen LogP contribution in [0.2, 0.25) is 0 Å². The standard InChI is InChI=1S/C22H15FN6O4/c23-16-4-1-13(2-5-16)21-26-28-29(27-21)11-20(30)25-24-10-17-6-8-19(33-17)14-3-7-18-15(9-14)12-32-22(18)31/h1-10H,11-12H2,(H,25,30)/b24-10-. The Hall–Kier alpha value is -4.67. The molecule has 0 spiro atoms. The fraction of sp³-hybridized carbons (Fsp3) is 0.0909. The molecule has 11 heteroatoms. The lowest BCUT2D eigenvalue weighted by Crippen LogP contribution is -2.24. The first-order valence-corrected chi connectivity index (χ1v) is 9.81. The highest BCUT2D eigenvalue weighted by Gasteiger charge is 2.21. The van der Waals surface area contributed by atoms with Crippen LogP contribution in [0.25, 0.3) is 22.7 Å². The van der Waals surface area contributed by atoms with Gasteiger partial charge in [-0.2, -0.15) is 9.90 Å². The van der Waals surface area contributed by atoms with E-state index >= 15 is 0 Å². The highest BCUT2D eigenvalue weighted by Crippen LogP contribution is 2.28. The van der Waals surface area contributed by atoms with Gasteiger partial charge in [-0.3, -0.25) is 4.79 Å². The summed E-state index contributed by atoms with van der Waals surface area (Å²) in [6.45, 7) is 0.0416. The third-order valence-corrected chi connectivity index (χ3v) is 4.82. The van der Waals surface area contributed by atoms with Gasteiger partial charge in [-0.25, -0.2) is 14.6 Å². The molecule has 0 saturated heterocycles. The second-order valence-corrected chi connectivity index (χ2v) is 7.09. The third kappa shape index (κ3) is 4.37. The van der Waals surface area contributed by atoms with E-state index in [1.165, 1.54) is 30.5 Å². The van der Waals surface area contributed by atoms with Crippen molar-refractivity contribution in [1.82, 2.24) is 25.6 Å². The molecule has 0 saturated carbocycles. The van der Waals surface area contributed by atoms with Crippen molar-refractivity contribution in [1.29, 1.82) is 0 Å². The lowest BCUT2D eigenvalue weighted by atomic mass is 10.0. The van der Waals surface area contributed by atoms with Gasteiger partial charge in [0.1, 0.15) is 30.5 Å². The van der Waals surface area contributed by atoms with Crippen LogP contribution in [0.1, 0.15) is 21.7 Å². The van der Waals surface area contributed by atoms with Crippen LogP contribution in [-0.2, 0) is 22.7 Å². The zero-order valence-corrected chi connectivity index (χ0v) is 16.9. The van der Waals surface area contributed by atoms with E-state index in [0.717, 1.165) is 15.9 Å². The summed E-state index contributed by atoms with van der Waals surface area (Å²) in [5.74, 6) is 0.125. The van der Waals surface area contributed by atoms with Crippen molar-refractivity contribution in [3.8, 4) is 22.7 Å². The first-order valence-electron chi connectivity index (χ1n) is 9.81. The Bertz CT molecular complexity index is 1380. The average Bonchev–Trinajstić information content (AvgIpc) is 3.55. The molecule has 0 unspecified atom stereocenters. The van der Waals surface area contributed by atoms with Gasteiger partial charge in [0.2, 0.25) is 5.82 Å². The van der Waals surface area contributed by atoms with Gasteiger partial charge in [0, 0.05) is 16.7 Å². The van der Waals surface area contributed by atoms with E-state index < -0.39 is 5.91 Å². The topological polar surface area (TPSA) is 125 Å². The number of aromatic nitrogens is 4. The van der Waals surface area contributed by atoms with E-state index in [2.05, 4.69) is 25.9 Å². The summed E-state index contributed by atoms with van der Waals surface area (Å²) in [4.78, 5) is 24.8. The molecule has 1 aliphatic rings. The zero-order chi connectivity index (χ0) is 22.8. The Morgan fingerprint density at radius 3 is 2.82 bits per heavy atom. The molecule has 0 atom stereocenters. The van der Waals surface area contributed by atoms with Crippen LogP contribution in [0.5, 0.6) is 0 Å².